The minimum atomic E-state index is -0.476. The number of thioether (sulfide) groups is 1. The van der Waals surface area contributed by atoms with E-state index in [1.54, 1.807) is 0 Å². The molecule has 2 unspecified atom stereocenters. The van der Waals surface area contributed by atoms with Gasteiger partial charge in [-0.2, -0.15) is 0 Å². The van der Waals surface area contributed by atoms with Crippen LogP contribution < -0.4 is 4.90 Å². The Morgan fingerprint density at radius 2 is 1.96 bits per heavy atom. The minimum absolute atomic E-state index is 0.00176. The van der Waals surface area contributed by atoms with Gasteiger partial charge >= 0.3 is 0 Å². The molecule has 0 saturated carbocycles. The fourth-order valence-electron chi connectivity index (χ4n) is 3.20. The Labute approximate surface area is 160 Å². The van der Waals surface area contributed by atoms with Crippen molar-refractivity contribution in [2.45, 2.75) is 56.6 Å². The van der Waals surface area contributed by atoms with Gasteiger partial charge in [0.1, 0.15) is 5.25 Å². The molecular formula is C20H30N2O3S. The summed E-state index contributed by atoms with van der Waals surface area (Å²) in [6, 6.07) is 7.84. The fourth-order valence-corrected chi connectivity index (χ4v) is 4.42. The highest BCUT2D eigenvalue weighted by Gasteiger charge is 2.34. The van der Waals surface area contributed by atoms with Crippen molar-refractivity contribution in [2.24, 2.45) is 11.8 Å². The summed E-state index contributed by atoms with van der Waals surface area (Å²) in [4.78, 5) is 26.5. The number of rotatable bonds is 10. The third-order valence-corrected chi connectivity index (χ3v) is 6.00. The number of fused-ring (bicyclic) bond motifs is 1. The third kappa shape index (κ3) is 5.74. The van der Waals surface area contributed by atoms with Crippen LogP contribution in [0.25, 0.3) is 0 Å². The SMILES string of the molecule is CC(C)CCCC(C)CCN1C(=O)C(CN(O)C=O)Sc2ccccc21. The van der Waals surface area contributed by atoms with Gasteiger partial charge < -0.3 is 4.90 Å². The number of carbonyl (C=O) groups excluding carboxylic acids is 2. The summed E-state index contributed by atoms with van der Waals surface area (Å²) in [7, 11) is 0. The third-order valence-electron chi connectivity index (χ3n) is 4.77. The predicted octanol–water partition coefficient (Wildman–Crippen LogP) is 4.19. The number of amides is 2. The summed E-state index contributed by atoms with van der Waals surface area (Å²) < 4.78 is 0. The van der Waals surface area contributed by atoms with Gasteiger partial charge in [-0.25, -0.2) is 5.06 Å². The Bertz CT molecular complexity index is 608. The van der Waals surface area contributed by atoms with Gasteiger partial charge in [0, 0.05) is 11.4 Å². The van der Waals surface area contributed by atoms with E-state index in [-0.39, 0.29) is 12.5 Å². The van der Waals surface area contributed by atoms with E-state index >= 15 is 0 Å². The van der Waals surface area contributed by atoms with Crippen LogP contribution in [0.2, 0.25) is 0 Å². The predicted molar refractivity (Wildman–Crippen MR) is 105 cm³/mol. The molecule has 2 atom stereocenters. The van der Waals surface area contributed by atoms with Gasteiger partial charge in [0.05, 0.1) is 12.2 Å². The van der Waals surface area contributed by atoms with Crippen LogP contribution in [0, 0.1) is 11.8 Å². The van der Waals surface area contributed by atoms with Gasteiger partial charge in [-0.3, -0.25) is 14.8 Å². The highest BCUT2D eigenvalue weighted by Crippen LogP contribution is 2.39. The van der Waals surface area contributed by atoms with Crippen molar-refractivity contribution in [1.82, 2.24) is 5.06 Å². The van der Waals surface area contributed by atoms with E-state index < -0.39 is 5.25 Å². The van der Waals surface area contributed by atoms with E-state index in [1.807, 2.05) is 29.2 Å². The van der Waals surface area contributed by atoms with Gasteiger partial charge in [0.25, 0.3) is 0 Å². The van der Waals surface area contributed by atoms with Gasteiger partial charge in [0.15, 0.2) is 0 Å². The monoisotopic (exact) mass is 378 g/mol. The zero-order valence-electron chi connectivity index (χ0n) is 15.9. The van der Waals surface area contributed by atoms with E-state index in [0.717, 1.165) is 22.9 Å². The molecule has 0 aromatic heterocycles. The normalized spacial score (nSPS) is 18.0. The maximum absolute atomic E-state index is 12.9. The second kappa shape index (κ2) is 9.97. The Balaban J connectivity index is 2.02. The summed E-state index contributed by atoms with van der Waals surface area (Å²) >= 11 is 1.41. The van der Waals surface area contributed by atoms with Crippen LogP contribution >= 0.6 is 11.8 Å². The van der Waals surface area contributed by atoms with Crippen molar-refractivity contribution in [2.75, 3.05) is 18.0 Å². The molecule has 6 heteroatoms. The van der Waals surface area contributed by atoms with Crippen molar-refractivity contribution >= 4 is 29.8 Å². The topological polar surface area (TPSA) is 60.9 Å². The van der Waals surface area contributed by atoms with Crippen LogP contribution in [0.4, 0.5) is 5.69 Å². The van der Waals surface area contributed by atoms with Crippen LogP contribution in [0.15, 0.2) is 29.2 Å². The summed E-state index contributed by atoms with van der Waals surface area (Å²) in [5.74, 6) is 1.25. The highest BCUT2D eigenvalue weighted by molar-refractivity contribution is 8.01. The molecule has 1 aromatic rings. The lowest BCUT2D eigenvalue weighted by molar-refractivity contribution is -0.150. The number of para-hydroxylation sites is 1. The second-order valence-electron chi connectivity index (χ2n) is 7.51. The lowest BCUT2D eigenvalue weighted by atomic mass is 9.97. The highest BCUT2D eigenvalue weighted by atomic mass is 32.2. The van der Waals surface area contributed by atoms with E-state index in [0.29, 0.717) is 23.9 Å². The first-order valence-corrected chi connectivity index (χ1v) is 10.3. The average Bonchev–Trinajstić information content (AvgIpc) is 2.61. The molecular weight excluding hydrogens is 348 g/mol. The molecule has 0 saturated heterocycles. The van der Waals surface area contributed by atoms with Gasteiger partial charge in [-0.05, 0) is 30.4 Å². The molecule has 1 heterocycles. The van der Waals surface area contributed by atoms with Crippen LogP contribution in [-0.2, 0) is 9.59 Å². The molecule has 144 valence electrons. The van der Waals surface area contributed by atoms with Crippen molar-refractivity contribution in [3.8, 4) is 0 Å². The molecule has 1 aliphatic heterocycles. The summed E-state index contributed by atoms with van der Waals surface area (Å²) in [5.41, 5.74) is 0.934. The molecule has 0 spiro atoms. The largest absolute Gasteiger partial charge is 0.310 e. The number of hydrogen-bond donors (Lipinski definition) is 1. The summed E-state index contributed by atoms with van der Waals surface area (Å²) in [5, 5.41) is 9.58. The lowest BCUT2D eigenvalue weighted by Crippen LogP contribution is -2.46. The number of hydroxylamine groups is 2. The molecule has 1 aliphatic rings. The number of carbonyl (C=O) groups is 2. The molecule has 2 amide bonds. The molecule has 0 fully saturated rings. The van der Waals surface area contributed by atoms with Gasteiger partial charge in [-0.1, -0.05) is 52.2 Å². The molecule has 1 aromatic carbocycles. The quantitative estimate of drug-likeness (QED) is 0.377. The standard InChI is InChI=1S/C20H30N2O3S/c1-15(2)7-6-8-16(3)11-12-22-17-9-4-5-10-18(17)26-19(20(22)24)13-21(25)14-23/h4-5,9-10,14-16,19,25H,6-8,11-13H2,1-3H3. The molecule has 0 radical (unpaired) electrons. The van der Waals surface area contributed by atoms with Gasteiger partial charge in [-0.15, -0.1) is 11.8 Å². The number of hydrogen-bond acceptors (Lipinski definition) is 4. The number of anilines is 1. The van der Waals surface area contributed by atoms with Crippen LogP contribution in [0.5, 0.6) is 0 Å². The van der Waals surface area contributed by atoms with Crippen molar-refractivity contribution < 1.29 is 14.8 Å². The maximum atomic E-state index is 12.9. The molecule has 26 heavy (non-hydrogen) atoms. The van der Waals surface area contributed by atoms with E-state index in [2.05, 4.69) is 20.8 Å². The zero-order chi connectivity index (χ0) is 19.1. The molecule has 1 N–H and O–H groups in total. The molecule has 2 rings (SSSR count). The van der Waals surface area contributed by atoms with Crippen molar-refractivity contribution in [3.63, 3.8) is 0 Å². The number of nitrogens with zero attached hydrogens (tertiary/aromatic N) is 2. The smallest absolute Gasteiger partial charge is 0.242 e. The van der Waals surface area contributed by atoms with Gasteiger partial charge in [0.2, 0.25) is 12.3 Å². The summed E-state index contributed by atoms with van der Waals surface area (Å²) in [6.45, 7) is 7.41. The van der Waals surface area contributed by atoms with Crippen molar-refractivity contribution in [3.05, 3.63) is 24.3 Å². The lowest BCUT2D eigenvalue weighted by Gasteiger charge is -2.34. The van der Waals surface area contributed by atoms with Crippen LogP contribution in [0.3, 0.4) is 0 Å². The molecule has 5 nitrogen and oxygen atoms in total. The molecule has 0 aliphatic carbocycles. The van der Waals surface area contributed by atoms with E-state index in [9.17, 15) is 14.8 Å². The van der Waals surface area contributed by atoms with Crippen LogP contribution in [-0.4, -0.2) is 40.9 Å². The Morgan fingerprint density at radius 1 is 1.23 bits per heavy atom. The Morgan fingerprint density at radius 3 is 2.65 bits per heavy atom. The first kappa shape index (κ1) is 20.8. The Hall–Kier alpha value is -1.53. The zero-order valence-corrected chi connectivity index (χ0v) is 16.7. The number of benzene rings is 1. The fraction of sp³-hybridized carbons (Fsp3) is 0.600. The van der Waals surface area contributed by atoms with E-state index in [1.165, 1.54) is 31.0 Å². The first-order valence-electron chi connectivity index (χ1n) is 9.40. The second-order valence-corrected chi connectivity index (χ2v) is 8.75. The summed E-state index contributed by atoms with van der Waals surface area (Å²) in [6.07, 6.45) is 4.93. The maximum Gasteiger partial charge on any atom is 0.242 e. The van der Waals surface area contributed by atoms with Crippen molar-refractivity contribution in [1.29, 1.82) is 0 Å². The first-order chi connectivity index (χ1) is 12.4. The Kier molecular flexibility index (Phi) is 7.97. The molecule has 0 bridgehead atoms. The van der Waals surface area contributed by atoms with E-state index in [4.69, 9.17) is 0 Å². The minimum Gasteiger partial charge on any atom is -0.310 e. The average molecular weight is 379 g/mol. The van der Waals surface area contributed by atoms with Crippen LogP contribution in [0.1, 0.15) is 46.5 Å².